The van der Waals surface area contributed by atoms with E-state index in [-0.39, 0.29) is 11.2 Å². The number of hydrogen-bond donors (Lipinski definition) is 0. The second-order valence-corrected chi connectivity index (χ2v) is 4.22. The van der Waals surface area contributed by atoms with Crippen LogP contribution in [0.5, 0.6) is 0 Å². The summed E-state index contributed by atoms with van der Waals surface area (Å²) in [5.74, 6) is -0.172. The lowest BCUT2D eigenvalue weighted by Gasteiger charge is -2.33. The molecule has 0 bridgehead atoms. The fraction of sp³-hybridized carbons (Fsp3) is 0.500. The molecule has 1 heterocycles. The van der Waals surface area contributed by atoms with Crippen LogP contribution in [0.25, 0.3) is 0 Å². The molecule has 1 nitrogen and oxygen atoms in total. The number of rotatable bonds is 1. The van der Waals surface area contributed by atoms with E-state index in [0.717, 1.165) is 26.1 Å². The third-order valence-electron chi connectivity index (χ3n) is 2.98. The van der Waals surface area contributed by atoms with E-state index < -0.39 is 0 Å². The maximum atomic E-state index is 12.7. The van der Waals surface area contributed by atoms with Crippen LogP contribution in [0.1, 0.15) is 25.3 Å². The van der Waals surface area contributed by atoms with Gasteiger partial charge in [0.05, 0.1) is 6.61 Å². The highest BCUT2D eigenvalue weighted by atomic mass is 19.1. The smallest absolute Gasteiger partial charge is 0.123 e. The highest BCUT2D eigenvalue weighted by Crippen LogP contribution is 2.32. The van der Waals surface area contributed by atoms with Crippen LogP contribution in [0.4, 0.5) is 4.39 Å². The number of ether oxygens (including phenoxy) is 1. The van der Waals surface area contributed by atoms with E-state index in [1.54, 1.807) is 0 Å². The summed E-state index contributed by atoms with van der Waals surface area (Å²) in [5, 5.41) is 0. The first-order valence-corrected chi connectivity index (χ1v) is 5.04. The van der Waals surface area contributed by atoms with Crippen LogP contribution in [-0.2, 0) is 10.2 Å². The third kappa shape index (κ3) is 1.80. The van der Waals surface area contributed by atoms with Gasteiger partial charge in [-0.05, 0) is 30.5 Å². The lowest BCUT2D eigenvalue weighted by molar-refractivity contribution is 0.0419. The Balaban J connectivity index is 2.23. The first-order chi connectivity index (χ1) is 6.71. The van der Waals surface area contributed by atoms with Crippen LogP contribution in [-0.4, -0.2) is 13.2 Å². The summed E-state index contributed by atoms with van der Waals surface area (Å²) >= 11 is 0. The third-order valence-corrected chi connectivity index (χ3v) is 2.98. The van der Waals surface area contributed by atoms with Crippen molar-refractivity contribution in [2.75, 3.05) is 13.2 Å². The summed E-state index contributed by atoms with van der Waals surface area (Å²) in [5.41, 5.74) is 1.25. The lowest BCUT2D eigenvalue weighted by atomic mass is 9.78. The van der Waals surface area contributed by atoms with Gasteiger partial charge in [-0.1, -0.05) is 19.1 Å². The number of halogens is 1. The quantitative estimate of drug-likeness (QED) is 0.668. The van der Waals surface area contributed by atoms with Crippen molar-refractivity contribution in [2.45, 2.75) is 25.2 Å². The van der Waals surface area contributed by atoms with Crippen molar-refractivity contribution in [3.05, 3.63) is 35.6 Å². The molecule has 0 aromatic heterocycles. The molecule has 0 saturated carbocycles. The van der Waals surface area contributed by atoms with Crippen LogP contribution in [0.2, 0.25) is 0 Å². The predicted molar refractivity (Wildman–Crippen MR) is 53.8 cm³/mol. The van der Waals surface area contributed by atoms with Gasteiger partial charge in [0, 0.05) is 12.0 Å². The van der Waals surface area contributed by atoms with E-state index in [2.05, 4.69) is 6.92 Å². The largest absolute Gasteiger partial charge is 0.381 e. The molecule has 1 aromatic rings. The summed E-state index contributed by atoms with van der Waals surface area (Å²) < 4.78 is 18.2. The zero-order valence-corrected chi connectivity index (χ0v) is 8.42. The molecule has 2 rings (SSSR count). The van der Waals surface area contributed by atoms with Gasteiger partial charge in [0.25, 0.3) is 0 Å². The van der Waals surface area contributed by atoms with E-state index >= 15 is 0 Å². The molecule has 76 valence electrons. The number of hydrogen-bond acceptors (Lipinski definition) is 1. The minimum Gasteiger partial charge on any atom is -0.381 e. The maximum absolute atomic E-state index is 12.7. The highest BCUT2D eigenvalue weighted by Gasteiger charge is 2.29. The number of benzene rings is 1. The zero-order valence-electron chi connectivity index (χ0n) is 8.42. The van der Waals surface area contributed by atoms with Gasteiger partial charge in [0.2, 0.25) is 0 Å². The van der Waals surface area contributed by atoms with Crippen molar-refractivity contribution in [2.24, 2.45) is 0 Å². The summed E-state index contributed by atoms with van der Waals surface area (Å²) in [4.78, 5) is 0. The molecule has 1 saturated heterocycles. The van der Waals surface area contributed by atoms with Crippen LogP contribution >= 0.6 is 0 Å². The average molecular weight is 194 g/mol. The van der Waals surface area contributed by atoms with E-state index in [1.807, 2.05) is 12.1 Å². The minimum absolute atomic E-state index is 0.0753. The van der Waals surface area contributed by atoms with Crippen molar-refractivity contribution in [3.8, 4) is 0 Å². The molecule has 1 aromatic carbocycles. The molecule has 1 aliphatic heterocycles. The van der Waals surface area contributed by atoms with Gasteiger partial charge in [-0.15, -0.1) is 0 Å². The fourth-order valence-electron chi connectivity index (χ4n) is 2.01. The molecular formula is C12H15FO. The van der Waals surface area contributed by atoms with Gasteiger partial charge in [0.1, 0.15) is 5.82 Å². The normalized spacial score (nSPS) is 27.6. The minimum atomic E-state index is -0.172. The van der Waals surface area contributed by atoms with Crippen LogP contribution in [0.3, 0.4) is 0 Å². The van der Waals surface area contributed by atoms with Gasteiger partial charge >= 0.3 is 0 Å². The standard InChI is InChI=1S/C12H15FO/c1-12(7-2-8-14-9-12)10-3-5-11(13)6-4-10/h3-6H,2,7-9H2,1H3. The first-order valence-electron chi connectivity index (χ1n) is 5.04. The van der Waals surface area contributed by atoms with Gasteiger partial charge in [-0.3, -0.25) is 0 Å². The SMILES string of the molecule is CC1(c2ccc(F)cc2)CCCOC1. The summed E-state index contributed by atoms with van der Waals surface area (Å²) in [6, 6.07) is 6.78. The van der Waals surface area contributed by atoms with Crippen LogP contribution in [0.15, 0.2) is 24.3 Å². The molecule has 0 aliphatic carbocycles. The van der Waals surface area contributed by atoms with E-state index in [1.165, 1.54) is 17.7 Å². The van der Waals surface area contributed by atoms with Crippen LogP contribution < -0.4 is 0 Å². The predicted octanol–water partition coefficient (Wildman–Crippen LogP) is 2.89. The second-order valence-electron chi connectivity index (χ2n) is 4.22. The Morgan fingerprint density at radius 3 is 2.57 bits per heavy atom. The molecule has 14 heavy (non-hydrogen) atoms. The van der Waals surface area contributed by atoms with E-state index in [9.17, 15) is 4.39 Å². The van der Waals surface area contributed by atoms with Crippen molar-refractivity contribution in [3.63, 3.8) is 0 Å². The molecule has 1 fully saturated rings. The summed E-state index contributed by atoms with van der Waals surface area (Å²) in [6.07, 6.45) is 2.21. The average Bonchev–Trinajstić information content (AvgIpc) is 2.19. The molecule has 1 unspecified atom stereocenters. The molecule has 0 spiro atoms. The molecule has 0 N–H and O–H groups in total. The monoisotopic (exact) mass is 194 g/mol. The van der Waals surface area contributed by atoms with Crippen LogP contribution in [0, 0.1) is 5.82 Å². The van der Waals surface area contributed by atoms with E-state index in [0.29, 0.717) is 0 Å². The van der Waals surface area contributed by atoms with Crippen molar-refractivity contribution in [1.29, 1.82) is 0 Å². The Morgan fingerprint density at radius 2 is 2.00 bits per heavy atom. The Kier molecular flexibility index (Phi) is 2.55. The Morgan fingerprint density at radius 1 is 1.29 bits per heavy atom. The molecule has 0 amide bonds. The highest BCUT2D eigenvalue weighted by molar-refractivity contribution is 5.25. The Labute approximate surface area is 83.9 Å². The molecular weight excluding hydrogens is 179 g/mol. The van der Waals surface area contributed by atoms with Gasteiger partial charge in [0.15, 0.2) is 0 Å². The maximum Gasteiger partial charge on any atom is 0.123 e. The summed E-state index contributed by atoms with van der Waals surface area (Å²) in [6.45, 7) is 3.79. The second kappa shape index (κ2) is 3.70. The lowest BCUT2D eigenvalue weighted by Crippen LogP contribution is -2.32. The van der Waals surface area contributed by atoms with E-state index in [4.69, 9.17) is 4.74 Å². The van der Waals surface area contributed by atoms with Gasteiger partial charge < -0.3 is 4.74 Å². The summed E-state index contributed by atoms with van der Waals surface area (Å²) in [7, 11) is 0. The van der Waals surface area contributed by atoms with Gasteiger partial charge in [-0.2, -0.15) is 0 Å². The molecule has 1 aliphatic rings. The zero-order chi connectivity index (χ0) is 10.0. The van der Waals surface area contributed by atoms with Crippen molar-refractivity contribution < 1.29 is 9.13 Å². The van der Waals surface area contributed by atoms with Crippen molar-refractivity contribution in [1.82, 2.24) is 0 Å². The molecule has 1 atom stereocenters. The molecule has 2 heteroatoms. The Hall–Kier alpha value is -0.890. The van der Waals surface area contributed by atoms with Crippen molar-refractivity contribution >= 4 is 0 Å². The first kappa shape index (κ1) is 9.66. The topological polar surface area (TPSA) is 9.23 Å². The Bertz CT molecular complexity index is 299. The fourth-order valence-corrected chi connectivity index (χ4v) is 2.01. The molecule has 0 radical (unpaired) electrons. The van der Waals surface area contributed by atoms with Gasteiger partial charge in [-0.25, -0.2) is 4.39 Å².